The number of aromatic hydroxyl groups is 1. The zero-order valence-electron chi connectivity index (χ0n) is 14.9. The molecule has 1 aromatic heterocycles. The van der Waals surface area contributed by atoms with Crippen LogP contribution in [0.4, 0.5) is 5.82 Å². The third-order valence-electron chi connectivity index (χ3n) is 4.73. The number of ether oxygens (including phenoxy) is 1. The van der Waals surface area contributed by atoms with Crippen LogP contribution in [0.1, 0.15) is 15.9 Å². The Morgan fingerprint density at radius 1 is 1.11 bits per heavy atom. The lowest BCUT2D eigenvalue weighted by Crippen LogP contribution is -2.37. The van der Waals surface area contributed by atoms with Crippen LogP contribution in [-0.4, -0.2) is 42.3 Å². The summed E-state index contributed by atoms with van der Waals surface area (Å²) in [5.41, 5.74) is 1.21. The van der Waals surface area contributed by atoms with Crippen LogP contribution in [0, 0.1) is 0 Å². The SMILES string of the molecule is O=C(NCc1cccnc1N1CCOCC1)c1cc2ccccc2cc1O. The second-order valence-corrected chi connectivity index (χ2v) is 6.48. The summed E-state index contributed by atoms with van der Waals surface area (Å²) in [6, 6.07) is 14.8. The molecule has 6 heteroatoms. The predicted molar refractivity (Wildman–Crippen MR) is 104 cm³/mol. The molecule has 0 aliphatic carbocycles. The first kappa shape index (κ1) is 17.3. The average molecular weight is 363 g/mol. The maximum absolute atomic E-state index is 12.6. The molecule has 1 aliphatic rings. The van der Waals surface area contributed by atoms with E-state index in [0.717, 1.165) is 35.2 Å². The van der Waals surface area contributed by atoms with E-state index in [2.05, 4.69) is 15.2 Å². The van der Waals surface area contributed by atoms with E-state index in [1.165, 1.54) is 0 Å². The molecule has 0 spiro atoms. The van der Waals surface area contributed by atoms with Crippen molar-refractivity contribution in [3.8, 4) is 5.75 Å². The van der Waals surface area contributed by atoms with Crippen LogP contribution in [0.2, 0.25) is 0 Å². The fourth-order valence-corrected chi connectivity index (χ4v) is 3.31. The van der Waals surface area contributed by atoms with Crippen molar-refractivity contribution >= 4 is 22.5 Å². The van der Waals surface area contributed by atoms with Gasteiger partial charge in [-0.3, -0.25) is 4.79 Å². The van der Waals surface area contributed by atoms with Crippen molar-refractivity contribution < 1.29 is 14.6 Å². The second-order valence-electron chi connectivity index (χ2n) is 6.48. The van der Waals surface area contributed by atoms with Gasteiger partial charge in [-0.2, -0.15) is 0 Å². The molecular formula is C21H21N3O3. The van der Waals surface area contributed by atoms with Gasteiger partial charge in [0.25, 0.3) is 5.91 Å². The molecule has 1 saturated heterocycles. The van der Waals surface area contributed by atoms with Crippen molar-refractivity contribution in [2.75, 3.05) is 31.2 Å². The molecule has 0 bridgehead atoms. The minimum Gasteiger partial charge on any atom is -0.507 e. The predicted octanol–water partition coefficient (Wildman–Crippen LogP) is 2.71. The quantitative estimate of drug-likeness (QED) is 0.746. The maximum Gasteiger partial charge on any atom is 0.255 e. The van der Waals surface area contributed by atoms with Gasteiger partial charge in [-0.15, -0.1) is 0 Å². The molecule has 1 aliphatic heterocycles. The zero-order chi connectivity index (χ0) is 18.6. The molecule has 27 heavy (non-hydrogen) atoms. The summed E-state index contributed by atoms with van der Waals surface area (Å²) in [4.78, 5) is 19.3. The normalized spacial score (nSPS) is 14.3. The Balaban J connectivity index is 1.52. The lowest BCUT2D eigenvalue weighted by Gasteiger charge is -2.29. The number of amides is 1. The number of benzene rings is 2. The van der Waals surface area contributed by atoms with Gasteiger partial charge in [0.15, 0.2) is 0 Å². The lowest BCUT2D eigenvalue weighted by atomic mass is 10.1. The van der Waals surface area contributed by atoms with E-state index < -0.39 is 0 Å². The van der Waals surface area contributed by atoms with Gasteiger partial charge in [0.05, 0.1) is 18.8 Å². The summed E-state index contributed by atoms with van der Waals surface area (Å²) in [6.45, 7) is 3.25. The Labute approximate surface area is 157 Å². The van der Waals surface area contributed by atoms with E-state index in [1.807, 2.05) is 36.4 Å². The number of nitrogens with one attached hydrogen (secondary N) is 1. The van der Waals surface area contributed by atoms with Crippen molar-refractivity contribution in [3.63, 3.8) is 0 Å². The highest BCUT2D eigenvalue weighted by molar-refractivity contribution is 6.01. The van der Waals surface area contributed by atoms with E-state index in [-0.39, 0.29) is 17.2 Å². The first-order valence-electron chi connectivity index (χ1n) is 8.99. The smallest absolute Gasteiger partial charge is 0.255 e. The second kappa shape index (κ2) is 7.63. The number of aromatic nitrogens is 1. The van der Waals surface area contributed by atoms with Crippen LogP contribution in [0.15, 0.2) is 54.7 Å². The fourth-order valence-electron chi connectivity index (χ4n) is 3.31. The summed E-state index contributed by atoms with van der Waals surface area (Å²) in [5, 5.41) is 15.0. The minimum absolute atomic E-state index is 0.0224. The number of anilines is 1. The Morgan fingerprint density at radius 2 is 1.85 bits per heavy atom. The highest BCUT2D eigenvalue weighted by atomic mass is 16.5. The van der Waals surface area contributed by atoms with Gasteiger partial charge < -0.3 is 20.1 Å². The number of carbonyl (C=O) groups is 1. The first-order chi connectivity index (χ1) is 13.2. The molecule has 4 rings (SSSR count). The topological polar surface area (TPSA) is 74.7 Å². The molecule has 138 valence electrons. The molecule has 0 atom stereocenters. The van der Waals surface area contributed by atoms with Crippen molar-refractivity contribution in [2.24, 2.45) is 0 Å². The highest BCUT2D eigenvalue weighted by Crippen LogP contribution is 2.25. The summed E-state index contributed by atoms with van der Waals surface area (Å²) in [6.07, 6.45) is 1.76. The number of phenolic OH excluding ortho intramolecular Hbond substituents is 1. The zero-order valence-corrected chi connectivity index (χ0v) is 14.9. The molecule has 2 aromatic carbocycles. The van der Waals surface area contributed by atoms with E-state index in [9.17, 15) is 9.90 Å². The number of pyridine rings is 1. The van der Waals surface area contributed by atoms with Crippen LogP contribution in [0.5, 0.6) is 5.75 Å². The summed E-state index contributed by atoms with van der Waals surface area (Å²) >= 11 is 0. The van der Waals surface area contributed by atoms with E-state index in [0.29, 0.717) is 19.8 Å². The Morgan fingerprint density at radius 3 is 2.63 bits per heavy atom. The number of carbonyl (C=O) groups excluding carboxylic acids is 1. The summed E-state index contributed by atoms with van der Waals surface area (Å²) in [5.74, 6) is 0.532. The fraction of sp³-hybridized carbons (Fsp3) is 0.238. The molecular weight excluding hydrogens is 342 g/mol. The highest BCUT2D eigenvalue weighted by Gasteiger charge is 2.17. The van der Waals surface area contributed by atoms with Crippen LogP contribution in [-0.2, 0) is 11.3 Å². The largest absolute Gasteiger partial charge is 0.507 e. The molecule has 0 saturated carbocycles. The third-order valence-corrected chi connectivity index (χ3v) is 4.73. The third kappa shape index (κ3) is 3.71. The van der Waals surface area contributed by atoms with Crippen molar-refractivity contribution in [3.05, 3.63) is 65.9 Å². The Hall–Kier alpha value is -3.12. The van der Waals surface area contributed by atoms with Gasteiger partial charge in [0.1, 0.15) is 11.6 Å². The van der Waals surface area contributed by atoms with Gasteiger partial charge in [0.2, 0.25) is 0 Å². The number of fused-ring (bicyclic) bond motifs is 1. The van der Waals surface area contributed by atoms with Crippen LogP contribution >= 0.6 is 0 Å². The number of phenols is 1. The number of hydrogen-bond acceptors (Lipinski definition) is 5. The number of rotatable bonds is 4. The lowest BCUT2D eigenvalue weighted by molar-refractivity contribution is 0.0948. The van der Waals surface area contributed by atoms with Crippen molar-refractivity contribution in [2.45, 2.75) is 6.54 Å². The van der Waals surface area contributed by atoms with Crippen LogP contribution in [0.25, 0.3) is 10.8 Å². The molecule has 0 unspecified atom stereocenters. The van der Waals surface area contributed by atoms with Gasteiger partial charge in [-0.1, -0.05) is 30.3 Å². The molecule has 2 N–H and O–H groups in total. The maximum atomic E-state index is 12.6. The molecule has 1 fully saturated rings. The Bertz CT molecular complexity index is 968. The first-order valence-corrected chi connectivity index (χ1v) is 8.99. The van der Waals surface area contributed by atoms with Crippen LogP contribution in [0.3, 0.4) is 0 Å². The Kier molecular flexibility index (Phi) is 4.89. The number of hydrogen-bond donors (Lipinski definition) is 2. The van der Waals surface area contributed by atoms with Crippen LogP contribution < -0.4 is 10.2 Å². The average Bonchev–Trinajstić information content (AvgIpc) is 2.72. The van der Waals surface area contributed by atoms with E-state index in [4.69, 9.17) is 4.74 Å². The van der Waals surface area contributed by atoms with E-state index in [1.54, 1.807) is 18.3 Å². The standard InChI is InChI=1S/C21H21N3O3/c25-19-13-16-5-2-1-4-15(16)12-18(19)21(26)23-14-17-6-3-7-22-20(17)24-8-10-27-11-9-24/h1-7,12-13,25H,8-11,14H2,(H,23,26). The summed E-state index contributed by atoms with van der Waals surface area (Å²) in [7, 11) is 0. The van der Waals surface area contributed by atoms with Gasteiger partial charge in [-0.25, -0.2) is 4.98 Å². The molecule has 6 nitrogen and oxygen atoms in total. The van der Waals surface area contributed by atoms with Crippen molar-refractivity contribution in [1.82, 2.24) is 10.3 Å². The molecule has 2 heterocycles. The minimum atomic E-state index is -0.310. The monoisotopic (exact) mass is 363 g/mol. The van der Waals surface area contributed by atoms with E-state index >= 15 is 0 Å². The molecule has 1 amide bonds. The van der Waals surface area contributed by atoms with Gasteiger partial charge >= 0.3 is 0 Å². The number of nitrogens with zero attached hydrogens (tertiary/aromatic N) is 2. The van der Waals surface area contributed by atoms with Gasteiger partial charge in [-0.05, 0) is 29.0 Å². The molecule has 0 radical (unpaired) electrons. The molecule has 3 aromatic rings. The van der Waals surface area contributed by atoms with Crippen molar-refractivity contribution in [1.29, 1.82) is 0 Å². The summed E-state index contributed by atoms with van der Waals surface area (Å²) < 4.78 is 5.40. The van der Waals surface area contributed by atoms with Gasteiger partial charge in [0, 0.05) is 31.4 Å². The number of morpholine rings is 1.